The van der Waals surface area contributed by atoms with Gasteiger partial charge in [0.15, 0.2) is 0 Å². The van der Waals surface area contributed by atoms with Gasteiger partial charge in [-0.2, -0.15) is 0 Å². The van der Waals surface area contributed by atoms with Crippen LogP contribution in [0.5, 0.6) is 0 Å². The molecule has 1 fully saturated rings. The minimum atomic E-state index is -0.0715. The summed E-state index contributed by atoms with van der Waals surface area (Å²) in [5, 5.41) is 5.77. The lowest BCUT2D eigenvalue weighted by Gasteiger charge is -2.38. The van der Waals surface area contributed by atoms with Crippen LogP contribution in [-0.4, -0.2) is 34.8 Å². The van der Waals surface area contributed by atoms with Crippen LogP contribution >= 0.6 is 11.3 Å². The van der Waals surface area contributed by atoms with Crippen molar-refractivity contribution >= 4 is 28.8 Å². The predicted octanol–water partition coefficient (Wildman–Crippen LogP) is 2.78. The lowest BCUT2D eigenvalue weighted by Crippen LogP contribution is -2.50. The first-order valence-corrected chi connectivity index (χ1v) is 8.25. The van der Waals surface area contributed by atoms with Gasteiger partial charge in [0.2, 0.25) is 11.8 Å². The number of benzene rings is 1. The van der Waals surface area contributed by atoms with Gasteiger partial charge in [-0.05, 0) is 18.2 Å². The quantitative estimate of drug-likeness (QED) is 0.859. The number of hydrogen-bond acceptors (Lipinski definition) is 4. The van der Waals surface area contributed by atoms with E-state index >= 15 is 0 Å². The molecule has 1 N–H and O–H groups in total. The molecule has 2 aromatic rings. The molecule has 1 aromatic carbocycles. The molecule has 5 nitrogen and oxygen atoms in total. The van der Waals surface area contributed by atoms with Gasteiger partial charge in [0.25, 0.3) is 0 Å². The first kappa shape index (κ1) is 15.4. The van der Waals surface area contributed by atoms with Crippen LogP contribution in [0.2, 0.25) is 0 Å². The fourth-order valence-corrected chi connectivity index (χ4v) is 3.21. The highest BCUT2D eigenvalue weighted by Crippen LogP contribution is 2.25. The molecule has 0 unspecified atom stereocenters. The number of nitrogens with zero attached hydrogens (tertiary/aromatic N) is 2. The Morgan fingerprint density at radius 1 is 1.43 bits per heavy atom. The normalized spacial score (nSPS) is 14.2. The summed E-state index contributed by atoms with van der Waals surface area (Å²) in [4.78, 5) is 29.4. The van der Waals surface area contributed by atoms with E-state index in [4.69, 9.17) is 0 Å². The van der Waals surface area contributed by atoms with Crippen LogP contribution in [-0.2, 0) is 9.59 Å². The molecule has 3 rings (SSSR count). The Hall–Kier alpha value is -2.47. The first-order chi connectivity index (χ1) is 11.2. The summed E-state index contributed by atoms with van der Waals surface area (Å²) in [5.41, 5.74) is 1.75. The van der Waals surface area contributed by atoms with Crippen LogP contribution in [0.1, 0.15) is 6.42 Å². The summed E-state index contributed by atoms with van der Waals surface area (Å²) in [6.45, 7) is 4.70. The van der Waals surface area contributed by atoms with Crippen molar-refractivity contribution in [3.8, 4) is 10.6 Å². The summed E-state index contributed by atoms with van der Waals surface area (Å²) in [5.74, 6) is 0.121. The molecule has 1 saturated heterocycles. The number of carbonyl (C=O) groups is 2. The van der Waals surface area contributed by atoms with Crippen molar-refractivity contribution < 1.29 is 9.59 Å². The smallest absolute Gasteiger partial charge is 0.245 e. The zero-order valence-corrected chi connectivity index (χ0v) is 13.4. The third-order valence-corrected chi connectivity index (χ3v) is 4.57. The van der Waals surface area contributed by atoms with Gasteiger partial charge in [-0.15, -0.1) is 11.3 Å². The highest BCUT2D eigenvalue weighted by atomic mass is 32.1. The van der Waals surface area contributed by atoms with Crippen molar-refractivity contribution in [2.75, 3.05) is 18.4 Å². The molecular weight excluding hydrogens is 310 g/mol. The van der Waals surface area contributed by atoms with Gasteiger partial charge in [-0.3, -0.25) is 9.59 Å². The van der Waals surface area contributed by atoms with Crippen molar-refractivity contribution in [2.45, 2.75) is 6.42 Å². The van der Waals surface area contributed by atoms with E-state index in [1.807, 2.05) is 29.6 Å². The number of nitrogens with one attached hydrogen (secondary N) is 1. The molecule has 1 aliphatic rings. The van der Waals surface area contributed by atoms with E-state index in [0.29, 0.717) is 19.5 Å². The number of hydrogen-bond donors (Lipinski definition) is 1. The van der Waals surface area contributed by atoms with E-state index in [2.05, 4.69) is 16.9 Å². The third-order valence-electron chi connectivity index (χ3n) is 3.74. The average Bonchev–Trinajstić information content (AvgIpc) is 3.04. The standard InChI is InChI=1S/C17H17N3O2S/c1-2-16(22)20-10-12(11-20)8-15(21)19-14-5-3-4-13(9-14)17-18-6-7-23-17/h2-7,9,12H,1,8,10-11H2,(H,19,21). The fraction of sp³-hybridized carbons (Fsp3) is 0.235. The Bertz CT molecular complexity index is 721. The molecule has 2 amide bonds. The molecule has 0 spiro atoms. The van der Waals surface area contributed by atoms with E-state index in [0.717, 1.165) is 16.3 Å². The fourth-order valence-electron chi connectivity index (χ4n) is 2.58. The van der Waals surface area contributed by atoms with E-state index < -0.39 is 0 Å². The number of thiazole rings is 1. The van der Waals surface area contributed by atoms with E-state index in [-0.39, 0.29) is 17.7 Å². The maximum absolute atomic E-state index is 12.1. The van der Waals surface area contributed by atoms with Crippen LogP contribution in [0.15, 0.2) is 48.5 Å². The van der Waals surface area contributed by atoms with Crippen LogP contribution in [0, 0.1) is 5.92 Å². The topological polar surface area (TPSA) is 62.3 Å². The predicted molar refractivity (Wildman–Crippen MR) is 91.1 cm³/mol. The SMILES string of the molecule is C=CC(=O)N1CC(CC(=O)Nc2cccc(-c3nccs3)c2)C1. The molecule has 6 heteroatoms. The van der Waals surface area contributed by atoms with Crippen molar-refractivity contribution in [1.29, 1.82) is 0 Å². The number of anilines is 1. The molecule has 0 bridgehead atoms. The average molecular weight is 327 g/mol. The maximum Gasteiger partial charge on any atom is 0.245 e. The monoisotopic (exact) mass is 327 g/mol. The Morgan fingerprint density at radius 2 is 2.26 bits per heavy atom. The summed E-state index contributed by atoms with van der Waals surface area (Å²) in [7, 11) is 0. The number of carbonyl (C=O) groups excluding carboxylic acids is 2. The highest BCUT2D eigenvalue weighted by Gasteiger charge is 2.30. The van der Waals surface area contributed by atoms with E-state index in [1.165, 1.54) is 6.08 Å². The molecule has 2 heterocycles. The second-order valence-electron chi connectivity index (χ2n) is 5.48. The summed E-state index contributed by atoms with van der Waals surface area (Å²) in [6, 6.07) is 7.66. The Morgan fingerprint density at radius 3 is 2.96 bits per heavy atom. The van der Waals surface area contributed by atoms with Gasteiger partial charge in [-0.1, -0.05) is 18.7 Å². The number of amides is 2. The first-order valence-electron chi connectivity index (χ1n) is 7.37. The van der Waals surface area contributed by atoms with Crippen molar-refractivity contribution in [1.82, 2.24) is 9.88 Å². The van der Waals surface area contributed by atoms with Gasteiger partial charge in [0.05, 0.1) is 0 Å². The highest BCUT2D eigenvalue weighted by molar-refractivity contribution is 7.13. The van der Waals surface area contributed by atoms with Crippen LogP contribution in [0.25, 0.3) is 10.6 Å². The van der Waals surface area contributed by atoms with Crippen molar-refractivity contribution in [2.24, 2.45) is 5.92 Å². The van der Waals surface area contributed by atoms with Gasteiger partial charge >= 0.3 is 0 Å². The minimum Gasteiger partial charge on any atom is -0.338 e. The third kappa shape index (κ3) is 3.65. The summed E-state index contributed by atoms with van der Waals surface area (Å²) >= 11 is 1.56. The number of likely N-dealkylation sites (tertiary alicyclic amines) is 1. The molecule has 118 valence electrons. The molecular formula is C17H17N3O2S. The van der Waals surface area contributed by atoms with E-state index in [9.17, 15) is 9.59 Å². The second-order valence-corrected chi connectivity index (χ2v) is 6.38. The second kappa shape index (κ2) is 6.75. The zero-order chi connectivity index (χ0) is 16.2. The lowest BCUT2D eigenvalue weighted by molar-refractivity contribution is -0.134. The maximum atomic E-state index is 12.1. The number of rotatable bonds is 5. The van der Waals surface area contributed by atoms with Crippen LogP contribution < -0.4 is 5.32 Å². The summed E-state index contributed by atoms with van der Waals surface area (Å²) < 4.78 is 0. The zero-order valence-electron chi connectivity index (χ0n) is 12.6. The molecule has 0 saturated carbocycles. The Balaban J connectivity index is 1.54. The van der Waals surface area contributed by atoms with Gasteiger partial charge < -0.3 is 10.2 Å². The molecule has 0 atom stereocenters. The largest absolute Gasteiger partial charge is 0.338 e. The Kier molecular flexibility index (Phi) is 4.52. The molecule has 1 aromatic heterocycles. The molecule has 0 aliphatic carbocycles. The van der Waals surface area contributed by atoms with Crippen molar-refractivity contribution in [3.05, 3.63) is 48.5 Å². The van der Waals surface area contributed by atoms with Crippen LogP contribution in [0.4, 0.5) is 5.69 Å². The Labute approximate surface area is 138 Å². The minimum absolute atomic E-state index is 0.0306. The molecule has 23 heavy (non-hydrogen) atoms. The van der Waals surface area contributed by atoms with Gasteiger partial charge in [0, 0.05) is 48.3 Å². The molecule has 0 radical (unpaired) electrons. The summed E-state index contributed by atoms with van der Waals surface area (Å²) in [6.07, 6.45) is 3.49. The van der Waals surface area contributed by atoms with Gasteiger partial charge in [-0.25, -0.2) is 4.98 Å². The number of aromatic nitrogens is 1. The lowest BCUT2D eigenvalue weighted by atomic mass is 9.96. The van der Waals surface area contributed by atoms with Gasteiger partial charge in [0.1, 0.15) is 5.01 Å². The van der Waals surface area contributed by atoms with E-state index in [1.54, 1.807) is 22.4 Å². The molecule has 1 aliphatic heterocycles. The van der Waals surface area contributed by atoms with Crippen molar-refractivity contribution in [3.63, 3.8) is 0 Å². The van der Waals surface area contributed by atoms with Crippen LogP contribution in [0.3, 0.4) is 0 Å².